The third-order valence-electron chi connectivity index (χ3n) is 2.89. The van der Waals surface area contributed by atoms with Gasteiger partial charge in [0.2, 0.25) is 10.0 Å². The molecule has 2 aromatic rings. The van der Waals surface area contributed by atoms with Crippen molar-refractivity contribution in [3.05, 3.63) is 53.8 Å². The first-order chi connectivity index (χ1) is 9.94. The lowest BCUT2D eigenvalue weighted by Gasteiger charge is -2.10. The van der Waals surface area contributed by atoms with Crippen molar-refractivity contribution in [1.29, 1.82) is 0 Å². The maximum Gasteiger partial charge on any atom is 0.242 e. The first kappa shape index (κ1) is 15.3. The van der Waals surface area contributed by atoms with E-state index in [0.717, 1.165) is 0 Å². The van der Waals surface area contributed by atoms with Crippen LogP contribution in [0, 0.1) is 5.82 Å². The Morgan fingerprint density at radius 2 is 1.95 bits per heavy atom. The van der Waals surface area contributed by atoms with Crippen LogP contribution >= 0.6 is 0 Å². The summed E-state index contributed by atoms with van der Waals surface area (Å²) in [4.78, 5) is -0.0248. The van der Waals surface area contributed by atoms with E-state index in [4.69, 9.17) is 10.5 Å². The van der Waals surface area contributed by atoms with Crippen LogP contribution in [-0.4, -0.2) is 15.5 Å². The predicted molar refractivity (Wildman–Crippen MR) is 77.8 cm³/mol. The Kier molecular flexibility index (Phi) is 4.44. The lowest BCUT2D eigenvalue weighted by Crippen LogP contribution is -2.19. The minimum Gasteiger partial charge on any atom is -0.489 e. The number of halogens is 1. The molecule has 0 saturated carbocycles. The van der Waals surface area contributed by atoms with Crippen molar-refractivity contribution >= 4 is 15.7 Å². The molecule has 0 heterocycles. The number of rotatable bonds is 5. The van der Waals surface area contributed by atoms with Gasteiger partial charge in [-0.2, -0.15) is 0 Å². The van der Waals surface area contributed by atoms with Gasteiger partial charge in [0.05, 0.1) is 5.69 Å². The van der Waals surface area contributed by atoms with Crippen molar-refractivity contribution in [2.24, 2.45) is 0 Å². The van der Waals surface area contributed by atoms with E-state index in [1.165, 1.54) is 31.3 Å². The van der Waals surface area contributed by atoms with E-state index in [0.29, 0.717) is 11.3 Å². The molecule has 2 rings (SSSR count). The van der Waals surface area contributed by atoms with Gasteiger partial charge in [0.25, 0.3) is 0 Å². The standard InChI is InChI=1S/C14H15FN2O3S/c1-17-21(18,19)14-7-6-11(8-13(14)16)20-9-10-4-2-3-5-12(10)15/h2-8,17H,9,16H2,1H3. The van der Waals surface area contributed by atoms with Crippen LogP contribution in [0.3, 0.4) is 0 Å². The number of hydrogen-bond acceptors (Lipinski definition) is 4. The Morgan fingerprint density at radius 3 is 2.57 bits per heavy atom. The largest absolute Gasteiger partial charge is 0.489 e. The van der Waals surface area contributed by atoms with Gasteiger partial charge in [-0.25, -0.2) is 17.5 Å². The van der Waals surface area contributed by atoms with Gasteiger partial charge < -0.3 is 10.5 Å². The molecule has 0 fully saturated rings. The van der Waals surface area contributed by atoms with Gasteiger partial charge >= 0.3 is 0 Å². The van der Waals surface area contributed by atoms with Gasteiger partial charge in [-0.05, 0) is 25.2 Å². The monoisotopic (exact) mass is 310 g/mol. The van der Waals surface area contributed by atoms with E-state index in [2.05, 4.69) is 4.72 Å². The molecule has 3 N–H and O–H groups in total. The summed E-state index contributed by atoms with van der Waals surface area (Å²) in [6, 6.07) is 10.5. The fourth-order valence-electron chi connectivity index (χ4n) is 1.75. The quantitative estimate of drug-likeness (QED) is 0.826. The smallest absolute Gasteiger partial charge is 0.242 e. The SMILES string of the molecule is CNS(=O)(=O)c1ccc(OCc2ccccc2F)cc1N. The summed E-state index contributed by atoms with van der Waals surface area (Å²) in [6.07, 6.45) is 0. The van der Waals surface area contributed by atoms with Crippen molar-refractivity contribution in [2.75, 3.05) is 12.8 Å². The molecule has 7 heteroatoms. The summed E-state index contributed by atoms with van der Waals surface area (Å²) in [7, 11) is -2.31. The minimum absolute atomic E-state index is 0.0248. The van der Waals surface area contributed by atoms with Gasteiger partial charge in [-0.1, -0.05) is 18.2 Å². The number of sulfonamides is 1. The molecule has 112 valence electrons. The highest BCUT2D eigenvalue weighted by atomic mass is 32.2. The van der Waals surface area contributed by atoms with Crippen LogP contribution in [0.25, 0.3) is 0 Å². The molecular weight excluding hydrogens is 295 g/mol. The van der Waals surface area contributed by atoms with Crippen LogP contribution in [0.1, 0.15) is 5.56 Å². The lowest BCUT2D eigenvalue weighted by molar-refractivity contribution is 0.300. The third kappa shape index (κ3) is 3.50. The van der Waals surface area contributed by atoms with Crippen molar-refractivity contribution < 1.29 is 17.5 Å². The summed E-state index contributed by atoms with van der Waals surface area (Å²) in [5.41, 5.74) is 6.18. The molecule has 0 radical (unpaired) electrons. The van der Waals surface area contributed by atoms with E-state index in [1.807, 2.05) is 0 Å². The summed E-state index contributed by atoms with van der Waals surface area (Å²) < 4.78 is 44.4. The van der Waals surface area contributed by atoms with Crippen LogP contribution in [0.5, 0.6) is 5.75 Å². The van der Waals surface area contributed by atoms with Gasteiger partial charge in [0, 0.05) is 11.6 Å². The van der Waals surface area contributed by atoms with Crippen molar-refractivity contribution in [3.63, 3.8) is 0 Å². The fraction of sp³-hybridized carbons (Fsp3) is 0.143. The van der Waals surface area contributed by atoms with Crippen LogP contribution in [0.4, 0.5) is 10.1 Å². The first-order valence-electron chi connectivity index (χ1n) is 6.13. The average molecular weight is 310 g/mol. The topological polar surface area (TPSA) is 81.4 Å². The molecule has 5 nitrogen and oxygen atoms in total. The van der Waals surface area contributed by atoms with Gasteiger partial charge in [0.15, 0.2) is 0 Å². The minimum atomic E-state index is -3.61. The van der Waals surface area contributed by atoms with E-state index in [-0.39, 0.29) is 23.0 Å². The molecule has 2 aromatic carbocycles. The number of ether oxygens (including phenoxy) is 1. The van der Waals surface area contributed by atoms with E-state index in [9.17, 15) is 12.8 Å². The van der Waals surface area contributed by atoms with E-state index in [1.54, 1.807) is 18.2 Å². The molecule has 0 atom stereocenters. The Labute approximate surface area is 122 Å². The zero-order valence-electron chi connectivity index (χ0n) is 11.3. The molecule has 0 bridgehead atoms. The highest BCUT2D eigenvalue weighted by Gasteiger charge is 2.15. The number of hydrogen-bond donors (Lipinski definition) is 2. The summed E-state index contributed by atoms with van der Waals surface area (Å²) >= 11 is 0. The number of nitrogens with two attached hydrogens (primary N) is 1. The third-order valence-corrected chi connectivity index (χ3v) is 4.38. The first-order valence-corrected chi connectivity index (χ1v) is 7.61. The van der Waals surface area contributed by atoms with Crippen molar-refractivity contribution in [3.8, 4) is 5.75 Å². The Balaban J connectivity index is 2.17. The normalized spacial score (nSPS) is 11.3. The molecule has 0 aliphatic heterocycles. The molecule has 0 aliphatic carbocycles. The molecular formula is C14H15FN2O3S. The second-order valence-corrected chi connectivity index (χ2v) is 6.14. The molecule has 0 aromatic heterocycles. The van der Waals surface area contributed by atoms with Crippen LogP contribution in [-0.2, 0) is 16.6 Å². The van der Waals surface area contributed by atoms with Gasteiger partial charge in [-0.15, -0.1) is 0 Å². The summed E-state index contributed by atoms with van der Waals surface area (Å²) in [5, 5.41) is 0. The summed E-state index contributed by atoms with van der Waals surface area (Å²) in [5.74, 6) is 0.00524. The zero-order valence-corrected chi connectivity index (χ0v) is 12.2. The zero-order chi connectivity index (χ0) is 15.5. The molecule has 0 aliphatic rings. The van der Waals surface area contributed by atoms with Crippen molar-refractivity contribution in [2.45, 2.75) is 11.5 Å². The van der Waals surface area contributed by atoms with E-state index >= 15 is 0 Å². The second kappa shape index (κ2) is 6.11. The maximum atomic E-state index is 13.4. The molecule has 21 heavy (non-hydrogen) atoms. The van der Waals surface area contributed by atoms with Crippen LogP contribution in [0.15, 0.2) is 47.4 Å². The predicted octanol–water partition coefficient (Wildman–Crippen LogP) is 1.89. The average Bonchev–Trinajstić information content (AvgIpc) is 2.46. The molecule has 0 amide bonds. The number of anilines is 1. The maximum absolute atomic E-state index is 13.4. The highest BCUT2D eigenvalue weighted by molar-refractivity contribution is 7.89. The van der Waals surface area contributed by atoms with E-state index < -0.39 is 10.0 Å². The van der Waals surface area contributed by atoms with Crippen molar-refractivity contribution in [1.82, 2.24) is 4.72 Å². The fourth-order valence-corrected chi connectivity index (χ4v) is 2.58. The van der Waals surface area contributed by atoms with Gasteiger partial charge in [-0.3, -0.25) is 0 Å². The lowest BCUT2D eigenvalue weighted by atomic mass is 10.2. The number of benzene rings is 2. The van der Waals surface area contributed by atoms with Crippen LogP contribution in [0.2, 0.25) is 0 Å². The molecule has 0 unspecified atom stereocenters. The Bertz CT molecular complexity index is 748. The Morgan fingerprint density at radius 1 is 1.24 bits per heavy atom. The number of nitrogen functional groups attached to an aromatic ring is 1. The van der Waals surface area contributed by atoms with Crippen LogP contribution < -0.4 is 15.2 Å². The highest BCUT2D eigenvalue weighted by Crippen LogP contribution is 2.24. The second-order valence-electron chi connectivity index (χ2n) is 4.29. The summed E-state index contributed by atoms with van der Waals surface area (Å²) in [6.45, 7) is 0.0320. The Hall–Kier alpha value is -2.12. The van der Waals surface area contributed by atoms with Gasteiger partial charge in [0.1, 0.15) is 23.1 Å². The number of nitrogens with one attached hydrogen (secondary N) is 1. The molecule has 0 saturated heterocycles. The molecule has 0 spiro atoms.